The maximum atomic E-state index is 11.6. The van der Waals surface area contributed by atoms with E-state index in [2.05, 4.69) is 31.3 Å². The smallest absolute Gasteiger partial charge is 0.224 e. The lowest BCUT2D eigenvalue weighted by atomic mass is 9.99. The molecule has 2 nitrogen and oxygen atoms in total. The molecule has 1 unspecified atom stereocenters. The third-order valence-electron chi connectivity index (χ3n) is 3.16. The Hall–Kier alpha value is -1.02. The molecule has 1 aromatic rings. The van der Waals surface area contributed by atoms with Crippen molar-refractivity contribution >= 4 is 23.2 Å². The lowest BCUT2D eigenvalue weighted by Gasteiger charge is -2.10. The second kappa shape index (κ2) is 8.15. The molecule has 100 valence electrons. The first-order valence-electron chi connectivity index (χ1n) is 6.63. The van der Waals surface area contributed by atoms with Crippen LogP contribution >= 0.6 is 11.6 Å². The van der Waals surface area contributed by atoms with Crippen molar-refractivity contribution in [2.45, 2.75) is 45.4 Å². The molecule has 1 amide bonds. The van der Waals surface area contributed by atoms with Gasteiger partial charge in [-0.25, -0.2) is 0 Å². The van der Waals surface area contributed by atoms with Crippen LogP contribution in [-0.4, -0.2) is 11.8 Å². The van der Waals surface area contributed by atoms with E-state index in [-0.39, 0.29) is 5.91 Å². The molecule has 0 spiro atoms. The molecule has 1 atom stereocenters. The molecule has 0 aliphatic carbocycles. The zero-order chi connectivity index (χ0) is 13.4. The lowest BCUT2D eigenvalue weighted by Crippen LogP contribution is -2.11. The highest BCUT2D eigenvalue weighted by Gasteiger charge is 2.04. The van der Waals surface area contributed by atoms with E-state index >= 15 is 0 Å². The van der Waals surface area contributed by atoms with Crippen molar-refractivity contribution in [2.24, 2.45) is 0 Å². The average molecular weight is 268 g/mol. The van der Waals surface area contributed by atoms with Crippen LogP contribution in [0.3, 0.4) is 0 Å². The van der Waals surface area contributed by atoms with Crippen LogP contribution in [0.5, 0.6) is 0 Å². The van der Waals surface area contributed by atoms with Crippen molar-refractivity contribution in [1.29, 1.82) is 0 Å². The molecule has 0 saturated carbocycles. The third kappa shape index (κ3) is 5.09. The number of rotatable bonds is 7. The van der Waals surface area contributed by atoms with Crippen LogP contribution in [0.25, 0.3) is 0 Å². The first-order chi connectivity index (χ1) is 8.67. The van der Waals surface area contributed by atoms with Gasteiger partial charge in [-0.3, -0.25) is 4.79 Å². The first kappa shape index (κ1) is 15.0. The van der Waals surface area contributed by atoms with E-state index in [0.717, 1.165) is 24.9 Å². The Labute approximate surface area is 115 Å². The predicted octanol–water partition coefficient (Wildman–Crippen LogP) is 4.55. The summed E-state index contributed by atoms with van der Waals surface area (Å²) in [6.07, 6.45) is 3.41. The first-order valence-corrected chi connectivity index (χ1v) is 7.16. The number of carbonyl (C=O) groups is 1. The number of nitrogens with one attached hydrogen (secondary N) is 1. The highest BCUT2D eigenvalue weighted by molar-refractivity contribution is 6.17. The van der Waals surface area contributed by atoms with Crippen LogP contribution in [0.15, 0.2) is 24.3 Å². The summed E-state index contributed by atoms with van der Waals surface area (Å²) in [4.78, 5) is 11.6. The molecule has 18 heavy (non-hydrogen) atoms. The number of carbonyl (C=O) groups excluding carboxylic acids is 1. The fourth-order valence-electron chi connectivity index (χ4n) is 1.73. The van der Waals surface area contributed by atoms with Crippen molar-refractivity contribution < 1.29 is 4.79 Å². The van der Waals surface area contributed by atoms with Crippen molar-refractivity contribution in [3.05, 3.63) is 29.8 Å². The molecule has 1 aromatic carbocycles. The van der Waals surface area contributed by atoms with Gasteiger partial charge in [0.25, 0.3) is 0 Å². The summed E-state index contributed by atoms with van der Waals surface area (Å²) >= 11 is 5.57. The molecule has 0 fully saturated rings. The summed E-state index contributed by atoms with van der Waals surface area (Å²) in [5.74, 6) is 1.26. The number of unbranched alkanes of at least 4 members (excludes halogenated alkanes) is 1. The van der Waals surface area contributed by atoms with Crippen LogP contribution < -0.4 is 5.32 Å². The van der Waals surface area contributed by atoms with Crippen molar-refractivity contribution in [1.82, 2.24) is 0 Å². The molecule has 0 heterocycles. The minimum Gasteiger partial charge on any atom is -0.326 e. The van der Waals surface area contributed by atoms with E-state index in [1.807, 2.05) is 12.1 Å². The fourth-order valence-corrected chi connectivity index (χ4v) is 1.92. The summed E-state index contributed by atoms with van der Waals surface area (Å²) in [7, 11) is 0. The quantitative estimate of drug-likeness (QED) is 0.570. The topological polar surface area (TPSA) is 29.1 Å². The Bertz CT molecular complexity index is 361. The number of halogens is 1. The Morgan fingerprint density at radius 1 is 1.28 bits per heavy atom. The molecule has 0 aromatic heterocycles. The standard InChI is InChI=1S/C15H22ClNO/c1-3-12(2)13-7-9-14(10-8-13)17-15(18)6-4-5-11-16/h7-10,12H,3-6,11H2,1-2H3,(H,17,18). The minimum absolute atomic E-state index is 0.0661. The summed E-state index contributed by atoms with van der Waals surface area (Å²) in [5.41, 5.74) is 2.19. The zero-order valence-electron chi connectivity index (χ0n) is 11.2. The molecule has 0 aliphatic rings. The van der Waals surface area contributed by atoms with E-state index in [9.17, 15) is 4.79 Å². The van der Waals surface area contributed by atoms with E-state index in [1.54, 1.807) is 0 Å². The largest absolute Gasteiger partial charge is 0.326 e. The summed E-state index contributed by atoms with van der Waals surface area (Å²) < 4.78 is 0. The highest BCUT2D eigenvalue weighted by Crippen LogP contribution is 2.20. The molecule has 3 heteroatoms. The van der Waals surface area contributed by atoms with Crippen molar-refractivity contribution in [3.8, 4) is 0 Å². The van der Waals surface area contributed by atoms with Crippen LogP contribution in [0, 0.1) is 0 Å². The second-order valence-corrected chi connectivity index (χ2v) is 5.00. The van der Waals surface area contributed by atoms with Gasteiger partial charge in [-0.15, -0.1) is 11.6 Å². The van der Waals surface area contributed by atoms with Gasteiger partial charge in [-0.1, -0.05) is 26.0 Å². The Morgan fingerprint density at radius 3 is 2.50 bits per heavy atom. The Balaban J connectivity index is 2.45. The van der Waals surface area contributed by atoms with Crippen LogP contribution in [-0.2, 0) is 4.79 Å². The van der Waals surface area contributed by atoms with Crippen molar-refractivity contribution in [2.75, 3.05) is 11.2 Å². The molecular weight excluding hydrogens is 246 g/mol. The van der Waals surface area contributed by atoms with Gasteiger partial charge in [-0.2, -0.15) is 0 Å². The summed E-state index contributed by atoms with van der Waals surface area (Å²) in [6, 6.07) is 8.12. The van der Waals surface area contributed by atoms with E-state index in [0.29, 0.717) is 18.2 Å². The molecular formula is C15H22ClNO. The van der Waals surface area contributed by atoms with Crippen LogP contribution in [0.1, 0.15) is 51.0 Å². The van der Waals surface area contributed by atoms with E-state index < -0.39 is 0 Å². The highest BCUT2D eigenvalue weighted by atomic mass is 35.5. The monoisotopic (exact) mass is 267 g/mol. The molecule has 1 rings (SSSR count). The fraction of sp³-hybridized carbons (Fsp3) is 0.533. The average Bonchev–Trinajstić information content (AvgIpc) is 2.39. The van der Waals surface area contributed by atoms with Crippen LogP contribution in [0.2, 0.25) is 0 Å². The second-order valence-electron chi connectivity index (χ2n) is 4.63. The molecule has 1 N–H and O–H groups in total. The maximum Gasteiger partial charge on any atom is 0.224 e. The lowest BCUT2D eigenvalue weighted by molar-refractivity contribution is -0.116. The number of anilines is 1. The molecule has 0 aliphatic heterocycles. The van der Waals surface area contributed by atoms with Gasteiger partial charge >= 0.3 is 0 Å². The van der Waals surface area contributed by atoms with Gasteiger partial charge in [-0.05, 0) is 42.9 Å². The third-order valence-corrected chi connectivity index (χ3v) is 3.43. The Morgan fingerprint density at radius 2 is 1.94 bits per heavy atom. The summed E-state index contributed by atoms with van der Waals surface area (Å²) in [5, 5.41) is 2.90. The van der Waals surface area contributed by atoms with Gasteiger partial charge in [0, 0.05) is 18.0 Å². The predicted molar refractivity (Wildman–Crippen MR) is 78.3 cm³/mol. The summed E-state index contributed by atoms with van der Waals surface area (Å²) in [6.45, 7) is 4.39. The normalized spacial score (nSPS) is 12.2. The number of hydrogen-bond acceptors (Lipinski definition) is 1. The maximum absolute atomic E-state index is 11.6. The van der Waals surface area contributed by atoms with Gasteiger partial charge in [0.15, 0.2) is 0 Å². The van der Waals surface area contributed by atoms with Gasteiger partial charge in [0.2, 0.25) is 5.91 Å². The molecule has 0 saturated heterocycles. The molecule has 0 bridgehead atoms. The van der Waals surface area contributed by atoms with Crippen molar-refractivity contribution in [3.63, 3.8) is 0 Å². The number of hydrogen-bond donors (Lipinski definition) is 1. The van der Waals surface area contributed by atoms with Crippen LogP contribution in [0.4, 0.5) is 5.69 Å². The molecule has 0 radical (unpaired) electrons. The SMILES string of the molecule is CCC(C)c1ccc(NC(=O)CCCCCl)cc1. The van der Waals surface area contributed by atoms with Gasteiger partial charge in [0.05, 0.1) is 0 Å². The zero-order valence-corrected chi connectivity index (χ0v) is 12.0. The van der Waals surface area contributed by atoms with Gasteiger partial charge in [0.1, 0.15) is 0 Å². The number of amides is 1. The number of benzene rings is 1. The minimum atomic E-state index is 0.0661. The Kier molecular flexibility index (Phi) is 6.81. The van der Waals surface area contributed by atoms with Gasteiger partial charge < -0.3 is 5.32 Å². The van der Waals surface area contributed by atoms with E-state index in [4.69, 9.17) is 11.6 Å². The number of alkyl halides is 1. The van der Waals surface area contributed by atoms with E-state index in [1.165, 1.54) is 5.56 Å².